The summed E-state index contributed by atoms with van der Waals surface area (Å²) < 4.78 is 18.9. The molecule has 0 radical (unpaired) electrons. The number of aliphatic carboxylic acids is 1. The van der Waals surface area contributed by atoms with Gasteiger partial charge >= 0.3 is 5.97 Å². The van der Waals surface area contributed by atoms with E-state index < -0.39 is 17.7 Å². The van der Waals surface area contributed by atoms with Crippen molar-refractivity contribution < 1.29 is 19.0 Å². The molecule has 0 aliphatic rings. The van der Waals surface area contributed by atoms with Crippen LogP contribution in [0.4, 0.5) is 4.39 Å². The van der Waals surface area contributed by atoms with Crippen LogP contribution in [0, 0.1) is 5.82 Å². The molecule has 1 unspecified atom stereocenters. The molecule has 0 aliphatic carbocycles. The van der Waals surface area contributed by atoms with E-state index in [1.165, 1.54) is 20.1 Å². The maximum Gasteiger partial charge on any atom is 0.310 e. The summed E-state index contributed by atoms with van der Waals surface area (Å²) in [4.78, 5) is 11.1. The number of hydrogen-bond acceptors (Lipinski definition) is 2. The number of halogens is 1. The fraction of sp³-hybridized carbons (Fsp3) is 0.214. The Morgan fingerprint density at radius 1 is 1.33 bits per heavy atom. The van der Waals surface area contributed by atoms with Crippen LogP contribution in [0.5, 0.6) is 5.75 Å². The van der Waals surface area contributed by atoms with Crippen molar-refractivity contribution in [3.05, 3.63) is 41.7 Å². The first-order valence-electron chi connectivity index (χ1n) is 5.53. The highest BCUT2D eigenvalue weighted by molar-refractivity contribution is 5.91. The minimum absolute atomic E-state index is 0.193. The minimum atomic E-state index is -1.05. The third-order valence-electron chi connectivity index (χ3n) is 3.02. The number of carboxylic acid groups (broad SMARTS) is 1. The van der Waals surface area contributed by atoms with Gasteiger partial charge in [0.2, 0.25) is 0 Å². The zero-order valence-electron chi connectivity index (χ0n) is 10.1. The Morgan fingerprint density at radius 2 is 2.00 bits per heavy atom. The third-order valence-corrected chi connectivity index (χ3v) is 3.02. The number of hydrogen-bond donors (Lipinski definition) is 1. The third kappa shape index (κ3) is 2.01. The van der Waals surface area contributed by atoms with Crippen molar-refractivity contribution in [3.63, 3.8) is 0 Å². The van der Waals surface area contributed by atoms with E-state index in [4.69, 9.17) is 9.84 Å². The average Bonchev–Trinajstić information content (AvgIpc) is 2.37. The standard InChI is InChI=1S/C14H13FO3/c1-8(14(16)17)13-11-7-10(18-2)5-3-9(11)4-6-12(13)15/h3-8H,1-2H3,(H,16,17). The van der Waals surface area contributed by atoms with E-state index in [1.54, 1.807) is 24.3 Å². The van der Waals surface area contributed by atoms with Gasteiger partial charge in [0, 0.05) is 5.56 Å². The highest BCUT2D eigenvalue weighted by Gasteiger charge is 2.20. The Bertz CT molecular complexity index is 607. The zero-order chi connectivity index (χ0) is 13.3. The van der Waals surface area contributed by atoms with Crippen molar-refractivity contribution >= 4 is 16.7 Å². The average molecular weight is 248 g/mol. The van der Waals surface area contributed by atoms with Crippen molar-refractivity contribution in [1.82, 2.24) is 0 Å². The molecule has 2 aromatic carbocycles. The molecule has 3 nitrogen and oxygen atoms in total. The van der Waals surface area contributed by atoms with E-state index in [1.807, 2.05) is 0 Å². The number of benzene rings is 2. The molecular weight excluding hydrogens is 235 g/mol. The van der Waals surface area contributed by atoms with Crippen LogP contribution in [0.25, 0.3) is 10.8 Å². The molecule has 0 heterocycles. The van der Waals surface area contributed by atoms with Gasteiger partial charge in [-0.1, -0.05) is 12.1 Å². The Balaban J connectivity index is 2.75. The summed E-state index contributed by atoms with van der Waals surface area (Å²) in [7, 11) is 1.51. The van der Waals surface area contributed by atoms with E-state index in [2.05, 4.69) is 0 Å². The Hall–Kier alpha value is -2.10. The smallest absolute Gasteiger partial charge is 0.310 e. The Kier molecular flexibility index (Phi) is 3.19. The summed E-state index contributed by atoms with van der Waals surface area (Å²) in [5.74, 6) is -1.89. The topological polar surface area (TPSA) is 46.5 Å². The van der Waals surface area contributed by atoms with Gasteiger partial charge in [-0.25, -0.2) is 4.39 Å². The highest BCUT2D eigenvalue weighted by atomic mass is 19.1. The second-order valence-electron chi connectivity index (χ2n) is 4.11. The van der Waals surface area contributed by atoms with Crippen LogP contribution < -0.4 is 4.74 Å². The van der Waals surface area contributed by atoms with Crippen molar-refractivity contribution in [3.8, 4) is 5.75 Å². The monoisotopic (exact) mass is 248 g/mol. The quantitative estimate of drug-likeness (QED) is 0.907. The largest absolute Gasteiger partial charge is 0.497 e. The van der Waals surface area contributed by atoms with Crippen molar-refractivity contribution in [2.45, 2.75) is 12.8 Å². The molecule has 0 spiro atoms. The number of fused-ring (bicyclic) bond motifs is 1. The Morgan fingerprint density at radius 3 is 2.61 bits per heavy atom. The van der Waals surface area contributed by atoms with Crippen LogP contribution in [-0.2, 0) is 4.79 Å². The van der Waals surface area contributed by atoms with Crippen molar-refractivity contribution in [1.29, 1.82) is 0 Å². The van der Waals surface area contributed by atoms with Crippen molar-refractivity contribution in [2.75, 3.05) is 7.11 Å². The fourth-order valence-corrected chi connectivity index (χ4v) is 1.99. The van der Waals surface area contributed by atoms with Crippen LogP contribution in [0.1, 0.15) is 18.4 Å². The molecule has 2 aromatic rings. The van der Waals surface area contributed by atoms with Crippen LogP contribution in [0.3, 0.4) is 0 Å². The number of rotatable bonds is 3. The SMILES string of the molecule is COc1ccc2ccc(F)c(C(C)C(=O)O)c2c1. The number of carbonyl (C=O) groups is 1. The van der Waals surface area contributed by atoms with Gasteiger partial charge in [-0.3, -0.25) is 4.79 Å². The number of ether oxygens (including phenoxy) is 1. The van der Waals surface area contributed by atoms with Gasteiger partial charge in [0.15, 0.2) is 0 Å². The molecule has 0 aromatic heterocycles. The van der Waals surface area contributed by atoms with E-state index >= 15 is 0 Å². The van der Waals surface area contributed by atoms with Crippen LogP contribution in [-0.4, -0.2) is 18.2 Å². The van der Waals surface area contributed by atoms with Gasteiger partial charge in [-0.05, 0) is 35.9 Å². The molecule has 1 atom stereocenters. The lowest BCUT2D eigenvalue weighted by Gasteiger charge is -2.13. The van der Waals surface area contributed by atoms with Gasteiger partial charge in [-0.15, -0.1) is 0 Å². The predicted octanol–water partition coefficient (Wildman–Crippen LogP) is 3.18. The van der Waals surface area contributed by atoms with Gasteiger partial charge in [0.25, 0.3) is 0 Å². The normalized spacial score (nSPS) is 12.4. The number of carboxylic acids is 1. The second-order valence-corrected chi connectivity index (χ2v) is 4.11. The first-order chi connectivity index (χ1) is 8.54. The molecule has 0 saturated heterocycles. The molecule has 0 saturated carbocycles. The summed E-state index contributed by atoms with van der Waals surface area (Å²) in [5.41, 5.74) is 0.193. The molecule has 4 heteroatoms. The van der Waals surface area contributed by atoms with E-state index in [-0.39, 0.29) is 5.56 Å². The molecule has 0 amide bonds. The summed E-state index contributed by atoms with van der Waals surface area (Å²) in [6.45, 7) is 1.47. The second kappa shape index (κ2) is 4.64. The van der Waals surface area contributed by atoms with Gasteiger partial charge < -0.3 is 9.84 Å². The van der Waals surface area contributed by atoms with Gasteiger partial charge in [0.1, 0.15) is 11.6 Å². The molecule has 1 N–H and O–H groups in total. The lowest BCUT2D eigenvalue weighted by atomic mass is 9.94. The minimum Gasteiger partial charge on any atom is -0.497 e. The molecule has 0 aliphatic heterocycles. The highest BCUT2D eigenvalue weighted by Crippen LogP contribution is 2.31. The van der Waals surface area contributed by atoms with E-state index in [0.717, 1.165) is 5.39 Å². The van der Waals surface area contributed by atoms with Crippen LogP contribution in [0.15, 0.2) is 30.3 Å². The van der Waals surface area contributed by atoms with E-state index in [9.17, 15) is 9.18 Å². The summed E-state index contributed by atoms with van der Waals surface area (Å²) in [6.07, 6.45) is 0. The molecule has 94 valence electrons. The van der Waals surface area contributed by atoms with Crippen LogP contribution >= 0.6 is 0 Å². The first kappa shape index (κ1) is 12.4. The molecule has 0 fully saturated rings. The predicted molar refractivity (Wildman–Crippen MR) is 66.5 cm³/mol. The van der Waals surface area contributed by atoms with Gasteiger partial charge in [-0.2, -0.15) is 0 Å². The summed E-state index contributed by atoms with van der Waals surface area (Å²) in [5, 5.41) is 10.4. The van der Waals surface area contributed by atoms with Gasteiger partial charge in [0.05, 0.1) is 13.0 Å². The zero-order valence-corrected chi connectivity index (χ0v) is 10.1. The van der Waals surface area contributed by atoms with E-state index in [0.29, 0.717) is 11.1 Å². The number of methoxy groups -OCH3 is 1. The molecule has 0 bridgehead atoms. The lowest BCUT2D eigenvalue weighted by Crippen LogP contribution is -2.10. The molecule has 2 rings (SSSR count). The summed E-state index contributed by atoms with van der Waals surface area (Å²) >= 11 is 0. The maximum atomic E-state index is 13.9. The fourth-order valence-electron chi connectivity index (χ4n) is 1.99. The summed E-state index contributed by atoms with van der Waals surface area (Å²) in [6, 6.07) is 8.13. The maximum absolute atomic E-state index is 13.9. The molecule has 18 heavy (non-hydrogen) atoms. The lowest BCUT2D eigenvalue weighted by molar-refractivity contribution is -0.138. The Labute approximate surface area is 104 Å². The molecular formula is C14H13FO3. The first-order valence-corrected chi connectivity index (χ1v) is 5.53. The van der Waals surface area contributed by atoms with Crippen LogP contribution in [0.2, 0.25) is 0 Å². The van der Waals surface area contributed by atoms with Crippen molar-refractivity contribution in [2.24, 2.45) is 0 Å².